The van der Waals surface area contributed by atoms with Crippen molar-refractivity contribution in [3.63, 3.8) is 0 Å². The van der Waals surface area contributed by atoms with Gasteiger partial charge in [0, 0.05) is 17.3 Å². The Labute approximate surface area is 157 Å². The average molecular weight is 377 g/mol. The minimum absolute atomic E-state index is 0.0611. The first kappa shape index (κ1) is 19.8. The van der Waals surface area contributed by atoms with Crippen LogP contribution in [0, 0.1) is 0 Å². The van der Waals surface area contributed by atoms with Gasteiger partial charge in [0.15, 0.2) is 6.61 Å². The molecule has 0 unspecified atom stereocenters. The molecule has 26 heavy (non-hydrogen) atoms. The molecule has 0 bridgehead atoms. The molecule has 0 saturated carbocycles. The molecule has 0 spiro atoms. The van der Waals surface area contributed by atoms with Crippen LogP contribution in [0.1, 0.15) is 28.9 Å². The summed E-state index contributed by atoms with van der Waals surface area (Å²) < 4.78 is 5.09. The highest BCUT2D eigenvalue weighted by Gasteiger charge is 2.15. The maximum Gasteiger partial charge on any atom is 0.340 e. The number of hydrogen-bond donors (Lipinski definition) is 3. The van der Waals surface area contributed by atoms with Gasteiger partial charge in [0.2, 0.25) is 0 Å². The maximum absolute atomic E-state index is 12.2. The Kier molecular flexibility index (Phi) is 7.44. The number of benzene rings is 2. The van der Waals surface area contributed by atoms with Gasteiger partial charge >= 0.3 is 5.97 Å². The molecule has 138 valence electrons. The lowest BCUT2D eigenvalue weighted by molar-refractivity contribution is -0.124. The van der Waals surface area contributed by atoms with Crippen LogP contribution >= 0.6 is 11.6 Å². The van der Waals surface area contributed by atoms with Crippen LogP contribution in [0.15, 0.2) is 48.5 Å². The molecule has 1 amide bonds. The third-order valence-electron chi connectivity index (χ3n) is 3.66. The van der Waals surface area contributed by atoms with E-state index in [0.717, 1.165) is 5.56 Å². The first-order valence-corrected chi connectivity index (χ1v) is 8.54. The Hall–Kier alpha value is -2.57. The summed E-state index contributed by atoms with van der Waals surface area (Å²) in [7, 11) is 0. The number of esters is 1. The Morgan fingerprint density at radius 3 is 2.54 bits per heavy atom. The van der Waals surface area contributed by atoms with Gasteiger partial charge in [-0.2, -0.15) is 0 Å². The van der Waals surface area contributed by atoms with Crippen LogP contribution in [-0.4, -0.2) is 36.7 Å². The van der Waals surface area contributed by atoms with E-state index in [0.29, 0.717) is 22.8 Å². The Balaban J connectivity index is 1.89. The van der Waals surface area contributed by atoms with Crippen LogP contribution in [0.3, 0.4) is 0 Å². The molecule has 0 fully saturated rings. The van der Waals surface area contributed by atoms with Crippen molar-refractivity contribution in [2.45, 2.75) is 13.0 Å². The number of nitrogens with one attached hydrogen (secondary N) is 2. The number of anilines is 1. The van der Waals surface area contributed by atoms with Gasteiger partial charge in [-0.3, -0.25) is 4.79 Å². The largest absolute Gasteiger partial charge is 0.452 e. The fourth-order valence-corrected chi connectivity index (χ4v) is 2.46. The number of amides is 1. The second-order valence-electron chi connectivity index (χ2n) is 5.61. The zero-order chi connectivity index (χ0) is 18.9. The van der Waals surface area contributed by atoms with Gasteiger partial charge in [-0.05, 0) is 36.8 Å². The highest BCUT2D eigenvalue weighted by Crippen LogP contribution is 2.17. The zero-order valence-corrected chi connectivity index (χ0v) is 15.1. The second kappa shape index (κ2) is 9.79. The minimum atomic E-state index is -0.611. The summed E-state index contributed by atoms with van der Waals surface area (Å²) in [6.45, 7) is 1.69. The number of carbonyl (C=O) groups is 2. The second-order valence-corrected chi connectivity index (χ2v) is 6.05. The summed E-state index contributed by atoms with van der Waals surface area (Å²) in [5, 5.41) is 15.2. The smallest absolute Gasteiger partial charge is 0.340 e. The van der Waals surface area contributed by atoms with E-state index in [1.54, 1.807) is 36.4 Å². The third kappa shape index (κ3) is 5.75. The highest BCUT2D eigenvalue weighted by atomic mass is 35.5. The average Bonchev–Trinajstić information content (AvgIpc) is 2.65. The third-order valence-corrected chi connectivity index (χ3v) is 3.91. The molecule has 6 nitrogen and oxygen atoms in total. The highest BCUT2D eigenvalue weighted by molar-refractivity contribution is 6.30. The molecule has 0 aliphatic heterocycles. The Morgan fingerprint density at radius 1 is 1.15 bits per heavy atom. The van der Waals surface area contributed by atoms with Crippen molar-refractivity contribution in [2.24, 2.45) is 0 Å². The van der Waals surface area contributed by atoms with E-state index in [1.807, 2.05) is 19.1 Å². The van der Waals surface area contributed by atoms with E-state index >= 15 is 0 Å². The standard InChI is InChI=1S/C19H21ClN2O4/c1-13(14-6-8-15(20)9-7-14)22-18(24)12-26-19(25)16-4-2-3-5-17(16)21-10-11-23/h2-9,13,21,23H,10-12H2,1H3,(H,22,24)/t13-/m0/s1. The minimum Gasteiger partial charge on any atom is -0.452 e. The molecule has 2 rings (SSSR count). The van der Waals surface area contributed by atoms with Gasteiger partial charge in [-0.25, -0.2) is 4.79 Å². The molecule has 3 N–H and O–H groups in total. The van der Waals surface area contributed by atoms with Gasteiger partial charge in [-0.15, -0.1) is 0 Å². The summed E-state index contributed by atoms with van der Waals surface area (Å²) in [5.74, 6) is -1.01. The van der Waals surface area contributed by atoms with E-state index in [9.17, 15) is 9.59 Å². The van der Waals surface area contributed by atoms with Crippen LogP contribution in [0.2, 0.25) is 5.02 Å². The van der Waals surface area contributed by atoms with Crippen LogP contribution in [0.4, 0.5) is 5.69 Å². The van der Waals surface area contributed by atoms with Crippen molar-refractivity contribution >= 4 is 29.2 Å². The van der Waals surface area contributed by atoms with E-state index in [-0.39, 0.29) is 19.3 Å². The van der Waals surface area contributed by atoms with Gasteiger partial charge in [0.25, 0.3) is 5.91 Å². The van der Waals surface area contributed by atoms with Gasteiger partial charge in [0.1, 0.15) is 0 Å². The van der Waals surface area contributed by atoms with Crippen LogP contribution in [0.5, 0.6) is 0 Å². The molecule has 0 aliphatic carbocycles. The van der Waals surface area contributed by atoms with Crippen molar-refractivity contribution in [2.75, 3.05) is 25.1 Å². The molecule has 0 radical (unpaired) electrons. The predicted octanol–water partition coefficient (Wildman–Crippen LogP) is 2.78. The first-order chi connectivity index (χ1) is 12.5. The number of rotatable bonds is 8. The van der Waals surface area contributed by atoms with Crippen molar-refractivity contribution in [1.29, 1.82) is 0 Å². The first-order valence-electron chi connectivity index (χ1n) is 8.17. The van der Waals surface area contributed by atoms with Crippen LogP contribution in [0.25, 0.3) is 0 Å². The number of aliphatic hydroxyl groups excluding tert-OH is 1. The lowest BCUT2D eigenvalue weighted by Gasteiger charge is -2.15. The van der Waals surface area contributed by atoms with E-state index in [1.165, 1.54) is 0 Å². The van der Waals surface area contributed by atoms with Crippen molar-refractivity contribution in [1.82, 2.24) is 5.32 Å². The normalized spacial score (nSPS) is 11.5. The molecule has 0 aromatic heterocycles. The van der Waals surface area contributed by atoms with Crippen LogP contribution in [-0.2, 0) is 9.53 Å². The number of aliphatic hydroxyl groups is 1. The fraction of sp³-hybridized carbons (Fsp3) is 0.263. The molecule has 2 aromatic carbocycles. The molecule has 7 heteroatoms. The zero-order valence-electron chi connectivity index (χ0n) is 14.4. The van der Waals surface area contributed by atoms with Gasteiger partial charge < -0.3 is 20.5 Å². The maximum atomic E-state index is 12.2. The number of hydrogen-bond acceptors (Lipinski definition) is 5. The van der Waals surface area contributed by atoms with Crippen molar-refractivity contribution in [3.05, 3.63) is 64.7 Å². The molecular weight excluding hydrogens is 356 g/mol. The van der Waals surface area contributed by atoms with Crippen molar-refractivity contribution in [3.8, 4) is 0 Å². The van der Waals surface area contributed by atoms with Crippen molar-refractivity contribution < 1.29 is 19.4 Å². The molecule has 0 aliphatic rings. The Bertz CT molecular complexity index is 749. The van der Waals surface area contributed by atoms with Gasteiger partial charge in [0.05, 0.1) is 18.2 Å². The number of ether oxygens (including phenoxy) is 1. The topological polar surface area (TPSA) is 87.7 Å². The summed E-state index contributed by atoms with van der Waals surface area (Å²) in [6, 6.07) is 13.7. The summed E-state index contributed by atoms with van der Waals surface area (Å²) in [5.41, 5.74) is 1.74. The molecular formula is C19H21ClN2O4. The summed E-state index contributed by atoms with van der Waals surface area (Å²) >= 11 is 5.85. The van der Waals surface area contributed by atoms with E-state index < -0.39 is 11.9 Å². The molecule has 1 atom stereocenters. The Morgan fingerprint density at radius 2 is 1.85 bits per heavy atom. The molecule has 0 heterocycles. The molecule has 2 aromatic rings. The monoisotopic (exact) mass is 376 g/mol. The van der Waals surface area contributed by atoms with Crippen LogP contribution < -0.4 is 10.6 Å². The predicted molar refractivity (Wildman–Crippen MR) is 100 cm³/mol. The quantitative estimate of drug-likeness (QED) is 0.616. The number of para-hydroxylation sites is 1. The number of carbonyl (C=O) groups excluding carboxylic acids is 2. The van der Waals surface area contributed by atoms with E-state index in [4.69, 9.17) is 21.4 Å². The molecule has 0 saturated heterocycles. The van der Waals surface area contributed by atoms with E-state index in [2.05, 4.69) is 10.6 Å². The number of halogens is 1. The lowest BCUT2D eigenvalue weighted by Crippen LogP contribution is -2.31. The SMILES string of the molecule is C[C@H](NC(=O)COC(=O)c1ccccc1NCCO)c1ccc(Cl)cc1. The fourth-order valence-electron chi connectivity index (χ4n) is 2.33. The summed E-state index contributed by atoms with van der Waals surface area (Å²) in [4.78, 5) is 24.2. The summed E-state index contributed by atoms with van der Waals surface area (Å²) in [6.07, 6.45) is 0. The van der Waals surface area contributed by atoms with Gasteiger partial charge in [-0.1, -0.05) is 35.9 Å². The lowest BCUT2D eigenvalue weighted by atomic mass is 10.1.